The first-order valence-electron chi connectivity index (χ1n) is 9.78. The zero-order valence-electron chi connectivity index (χ0n) is 16.8. The van der Waals surface area contributed by atoms with E-state index in [9.17, 15) is 5.11 Å². The number of hydrogen-bond donors (Lipinski definition) is 1. The Morgan fingerprint density at radius 3 is 2.79 bits per heavy atom. The summed E-state index contributed by atoms with van der Waals surface area (Å²) in [5, 5.41) is 9.90. The molecule has 1 aliphatic heterocycles. The van der Waals surface area contributed by atoms with Crippen LogP contribution in [0.15, 0.2) is 36.7 Å². The first-order valence-corrected chi connectivity index (χ1v) is 9.78. The Hall–Kier alpha value is -2.09. The summed E-state index contributed by atoms with van der Waals surface area (Å²) in [5.74, 6) is 1.32. The van der Waals surface area contributed by atoms with Crippen LogP contribution >= 0.6 is 0 Å². The third kappa shape index (κ3) is 5.04. The average molecular weight is 385 g/mol. The number of rotatable bonds is 9. The minimum Gasteiger partial charge on any atom is -0.493 e. The van der Waals surface area contributed by atoms with Crippen molar-refractivity contribution in [3.63, 3.8) is 0 Å². The van der Waals surface area contributed by atoms with E-state index in [1.54, 1.807) is 13.3 Å². The third-order valence-electron chi connectivity index (χ3n) is 4.79. The van der Waals surface area contributed by atoms with Crippen molar-refractivity contribution >= 4 is 7.12 Å². The molecular weight excluding hydrogens is 357 g/mol. The number of ether oxygens (including phenoxy) is 2. The van der Waals surface area contributed by atoms with Crippen molar-refractivity contribution in [3.05, 3.63) is 42.2 Å². The summed E-state index contributed by atoms with van der Waals surface area (Å²) in [6.45, 7) is 5.28. The summed E-state index contributed by atoms with van der Waals surface area (Å²) in [6, 6.07) is 7.90. The van der Waals surface area contributed by atoms with E-state index in [0.717, 1.165) is 23.1 Å². The zero-order chi connectivity index (χ0) is 19.9. The zero-order valence-corrected chi connectivity index (χ0v) is 16.8. The Morgan fingerprint density at radius 1 is 1.25 bits per heavy atom. The molecule has 1 N–H and O–H groups in total. The highest BCUT2D eigenvalue weighted by molar-refractivity contribution is 6.45. The van der Waals surface area contributed by atoms with Crippen LogP contribution in [0.5, 0.6) is 11.5 Å². The van der Waals surface area contributed by atoms with Gasteiger partial charge in [0.15, 0.2) is 11.5 Å². The second kappa shape index (κ2) is 9.91. The van der Waals surface area contributed by atoms with Gasteiger partial charge < -0.3 is 23.9 Å². The molecule has 3 rings (SSSR count). The summed E-state index contributed by atoms with van der Waals surface area (Å²) in [6.07, 6.45) is 5.22. The molecule has 6 nitrogen and oxygen atoms in total. The highest BCUT2D eigenvalue weighted by atomic mass is 16.6. The van der Waals surface area contributed by atoms with E-state index < -0.39 is 0 Å². The summed E-state index contributed by atoms with van der Waals surface area (Å²) >= 11 is 0. The molecule has 1 aliphatic rings. The van der Waals surface area contributed by atoms with Gasteiger partial charge >= 0.3 is 7.12 Å². The average Bonchev–Trinajstić information content (AvgIpc) is 3.15. The topological polar surface area (TPSA) is 70.0 Å². The standard InChI is InChI=1S/C21H28BNO5/c1-4-7-26-21-9-16(5-6-20(21)25-3)17-8-18(12-23-11-17)19(13-24)10-22-27-14-15(2)28-22/h5-6,8-9,11-12,15,19,24H,4,7,10,13-14H2,1-3H3/t15-,19+/m0/s1. The molecule has 7 heteroatoms. The molecule has 0 unspecified atom stereocenters. The molecule has 0 aliphatic carbocycles. The van der Waals surface area contributed by atoms with E-state index in [-0.39, 0.29) is 25.7 Å². The monoisotopic (exact) mass is 385 g/mol. The molecule has 1 aromatic heterocycles. The number of aliphatic hydroxyl groups excluding tert-OH is 1. The van der Waals surface area contributed by atoms with Crippen LogP contribution in [-0.4, -0.2) is 50.2 Å². The Kier molecular flexibility index (Phi) is 7.31. The fraction of sp³-hybridized carbons (Fsp3) is 0.476. The Bertz CT molecular complexity index is 772. The number of aliphatic hydroxyl groups is 1. The van der Waals surface area contributed by atoms with Gasteiger partial charge in [-0.1, -0.05) is 13.0 Å². The fourth-order valence-electron chi connectivity index (χ4n) is 3.27. The maximum Gasteiger partial charge on any atom is 0.457 e. The molecule has 0 spiro atoms. The normalized spacial score (nSPS) is 17.6. The first kappa shape index (κ1) is 20.6. The van der Waals surface area contributed by atoms with Crippen molar-refractivity contribution in [1.82, 2.24) is 4.98 Å². The summed E-state index contributed by atoms with van der Waals surface area (Å²) in [7, 11) is 1.35. The molecule has 150 valence electrons. The minimum absolute atomic E-state index is 0.0101. The highest BCUT2D eigenvalue weighted by Crippen LogP contribution is 2.34. The summed E-state index contributed by atoms with van der Waals surface area (Å²) < 4.78 is 22.6. The van der Waals surface area contributed by atoms with Gasteiger partial charge in [0.25, 0.3) is 0 Å². The minimum atomic E-state index is -0.286. The molecule has 0 amide bonds. The Morgan fingerprint density at radius 2 is 2.11 bits per heavy atom. The van der Waals surface area contributed by atoms with Crippen LogP contribution in [0.4, 0.5) is 0 Å². The molecule has 2 heterocycles. The lowest BCUT2D eigenvalue weighted by Gasteiger charge is -2.17. The van der Waals surface area contributed by atoms with Crippen molar-refractivity contribution in [3.8, 4) is 22.6 Å². The van der Waals surface area contributed by atoms with E-state index in [4.69, 9.17) is 18.8 Å². The summed E-state index contributed by atoms with van der Waals surface area (Å²) in [5.41, 5.74) is 2.90. The lowest BCUT2D eigenvalue weighted by atomic mass is 9.75. The molecule has 28 heavy (non-hydrogen) atoms. The van der Waals surface area contributed by atoms with Gasteiger partial charge in [-0.05, 0) is 49.0 Å². The van der Waals surface area contributed by atoms with E-state index in [2.05, 4.69) is 18.0 Å². The molecular formula is C21H28BNO5. The second-order valence-corrected chi connectivity index (χ2v) is 7.05. The van der Waals surface area contributed by atoms with Gasteiger partial charge in [0.05, 0.1) is 26.4 Å². The van der Waals surface area contributed by atoms with Crippen LogP contribution in [0.25, 0.3) is 11.1 Å². The van der Waals surface area contributed by atoms with Gasteiger partial charge in [-0.3, -0.25) is 4.98 Å². The summed E-state index contributed by atoms with van der Waals surface area (Å²) in [4.78, 5) is 4.39. The number of methoxy groups -OCH3 is 1. The number of pyridine rings is 1. The van der Waals surface area contributed by atoms with Crippen LogP contribution in [0, 0.1) is 0 Å². The maximum absolute atomic E-state index is 9.90. The molecule has 1 fully saturated rings. The quantitative estimate of drug-likeness (QED) is 0.666. The number of aromatic nitrogens is 1. The highest BCUT2D eigenvalue weighted by Gasteiger charge is 2.32. The van der Waals surface area contributed by atoms with Crippen molar-refractivity contribution in [2.75, 3.05) is 26.9 Å². The molecule has 2 atom stereocenters. The molecule has 0 bridgehead atoms. The van der Waals surface area contributed by atoms with Crippen LogP contribution in [-0.2, 0) is 9.31 Å². The smallest absolute Gasteiger partial charge is 0.457 e. The molecule has 1 saturated heterocycles. The maximum atomic E-state index is 9.90. The van der Waals surface area contributed by atoms with E-state index in [0.29, 0.717) is 31.0 Å². The van der Waals surface area contributed by atoms with E-state index in [1.807, 2.05) is 31.3 Å². The largest absolute Gasteiger partial charge is 0.493 e. The van der Waals surface area contributed by atoms with Crippen LogP contribution in [0.3, 0.4) is 0 Å². The van der Waals surface area contributed by atoms with Crippen LogP contribution < -0.4 is 9.47 Å². The fourth-order valence-corrected chi connectivity index (χ4v) is 3.27. The molecule has 0 saturated carbocycles. The van der Waals surface area contributed by atoms with Crippen molar-refractivity contribution in [2.24, 2.45) is 0 Å². The number of nitrogens with zero attached hydrogens (tertiary/aromatic N) is 1. The Balaban J connectivity index is 1.81. The number of benzene rings is 1. The van der Waals surface area contributed by atoms with Gasteiger partial charge in [0.1, 0.15) is 0 Å². The predicted octanol–water partition coefficient (Wildman–Crippen LogP) is 3.55. The lowest BCUT2D eigenvalue weighted by molar-refractivity contribution is 0.249. The van der Waals surface area contributed by atoms with Crippen LogP contribution in [0.1, 0.15) is 31.7 Å². The van der Waals surface area contributed by atoms with Gasteiger partial charge in [0.2, 0.25) is 0 Å². The molecule has 2 aromatic rings. The predicted molar refractivity (Wildman–Crippen MR) is 109 cm³/mol. The van der Waals surface area contributed by atoms with Crippen molar-refractivity contribution in [1.29, 1.82) is 0 Å². The first-order chi connectivity index (χ1) is 13.6. The molecule has 1 aromatic carbocycles. The third-order valence-corrected chi connectivity index (χ3v) is 4.79. The Labute approximate surface area is 166 Å². The number of hydrogen-bond acceptors (Lipinski definition) is 6. The van der Waals surface area contributed by atoms with Crippen LogP contribution in [0.2, 0.25) is 6.32 Å². The van der Waals surface area contributed by atoms with Gasteiger partial charge in [-0.2, -0.15) is 0 Å². The van der Waals surface area contributed by atoms with Gasteiger partial charge in [-0.25, -0.2) is 0 Å². The van der Waals surface area contributed by atoms with Crippen molar-refractivity contribution in [2.45, 2.75) is 38.6 Å². The van der Waals surface area contributed by atoms with Gasteiger partial charge in [-0.15, -0.1) is 0 Å². The van der Waals surface area contributed by atoms with Crippen molar-refractivity contribution < 1.29 is 23.9 Å². The SMILES string of the molecule is CCCOc1cc(-c2cncc([C@@H](CO)CB3OC[C@H](C)O3)c2)ccc1OC. The second-order valence-electron chi connectivity index (χ2n) is 7.05. The molecule has 0 radical (unpaired) electrons. The van der Waals surface area contributed by atoms with Gasteiger partial charge in [0, 0.05) is 30.5 Å². The lowest BCUT2D eigenvalue weighted by Crippen LogP contribution is -2.20. The van der Waals surface area contributed by atoms with E-state index >= 15 is 0 Å². The van der Waals surface area contributed by atoms with E-state index in [1.165, 1.54) is 0 Å².